The number of nitrogens with one attached hydrogen (secondary N) is 1. The fourth-order valence-electron chi connectivity index (χ4n) is 1.26. The van der Waals surface area contributed by atoms with E-state index in [1.54, 1.807) is 6.20 Å². The van der Waals surface area contributed by atoms with E-state index in [-0.39, 0.29) is 0 Å². The Morgan fingerprint density at radius 1 is 1.44 bits per heavy atom. The topological polar surface area (TPSA) is 43.4 Å². The zero-order valence-corrected chi connectivity index (χ0v) is 11.2. The third kappa shape index (κ3) is 4.47. The van der Waals surface area contributed by atoms with Crippen LogP contribution >= 0.6 is 15.9 Å². The molecule has 1 heterocycles. The maximum atomic E-state index is 5.55. The van der Waals surface area contributed by atoms with Gasteiger partial charge in [-0.25, -0.2) is 4.98 Å². The number of nitrogens with zero attached hydrogens (tertiary/aromatic N) is 1. The van der Waals surface area contributed by atoms with Crippen LogP contribution in [-0.4, -0.2) is 31.9 Å². The van der Waals surface area contributed by atoms with Gasteiger partial charge in [-0.1, -0.05) is 0 Å². The molecule has 5 heteroatoms. The number of hydrogen-bond donors (Lipinski definition) is 1. The molecule has 1 N–H and O–H groups in total. The third-order valence-corrected chi connectivity index (χ3v) is 2.36. The van der Waals surface area contributed by atoms with Crippen molar-refractivity contribution in [1.29, 1.82) is 0 Å². The molecular formula is C11H17BrN2O2. The Bertz CT molecular complexity index is 321. The summed E-state index contributed by atoms with van der Waals surface area (Å²) in [5, 5.41) is 3.08. The molecule has 0 saturated heterocycles. The van der Waals surface area contributed by atoms with Crippen molar-refractivity contribution in [1.82, 2.24) is 10.3 Å². The van der Waals surface area contributed by atoms with E-state index in [0.717, 1.165) is 16.6 Å². The van der Waals surface area contributed by atoms with Crippen LogP contribution < -0.4 is 10.1 Å². The van der Waals surface area contributed by atoms with E-state index in [1.807, 2.05) is 20.0 Å². The molecule has 0 unspecified atom stereocenters. The number of halogens is 1. The number of rotatable bonds is 7. The number of aromatic nitrogens is 1. The highest BCUT2D eigenvalue weighted by atomic mass is 79.9. The minimum atomic E-state index is 0.527. The van der Waals surface area contributed by atoms with Crippen molar-refractivity contribution in [3.05, 3.63) is 22.3 Å². The lowest BCUT2D eigenvalue weighted by atomic mass is 10.3. The SMILES string of the molecule is CCOCCOc1ncc(Br)cc1CNC. The summed E-state index contributed by atoms with van der Waals surface area (Å²) in [6, 6.07) is 2.00. The second-order valence-electron chi connectivity index (χ2n) is 3.19. The molecule has 1 aromatic heterocycles. The van der Waals surface area contributed by atoms with Crippen molar-refractivity contribution in [2.75, 3.05) is 26.9 Å². The predicted molar refractivity (Wildman–Crippen MR) is 66.7 cm³/mol. The predicted octanol–water partition coefficient (Wildman–Crippen LogP) is 1.98. The Morgan fingerprint density at radius 3 is 2.94 bits per heavy atom. The molecule has 16 heavy (non-hydrogen) atoms. The third-order valence-electron chi connectivity index (χ3n) is 1.93. The van der Waals surface area contributed by atoms with Gasteiger partial charge in [-0.2, -0.15) is 0 Å². The zero-order valence-electron chi connectivity index (χ0n) is 9.62. The highest BCUT2D eigenvalue weighted by Crippen LogP contribution is 2.19. The Kier molecular flexibility index (Phi) is 6.37. The van der Waals surface area contributed by atoms with Crippen molar-refractivity contribution >= 4 is 15.9 Å². The van der Waals surface area contributed by atoms with Gasteiger partial charge in [0.1, 0.15) is 6.61 Å². The second-order valence-corrected chi connectivity index (χ2v) is 4.11. The summed E-state index contributed by atoms with van der Waals surface area (Å²) in [5.74, 6) is 0.664. The van der Waals surface area contributed by atoms with Gasteiger partial charge in [-0.05, 0) is 36.0 Å². The lowest BCUT2D eigenvalue weighted by Gasteiger charge is -2.10. The van der Waals surface area contributed by atoms with Crippen molar-refractivity contribution in [2.24, 2.45) is 0 Å². The molecule has 1 aromatic rings. The van der Waals surface area contributed by atoms with Gasteiger partial charge < -0.3 is 14.8 Å². The smallest absolute Gasteiger partial charge is 0.217 e. The Hall–Kier alpha value is -0.650. The van der Waals surface area contributed by atoms with Crippen LogP contribution in [0.15, 0.2) is 16.7 Å². The van der Waals surface area contributed by atoms with Crippen LogP contribution in [0.2, 0.25) is 0 Å². The van der Waals surface area contributed by atoms with Gasteiger partial charge in [0.05, 0.1) is 6.61 Å². The van der Waals surface area contributed by atoms with E-state index in [1.165, 1.54) is 0 Å². The molecule has 4 nitrogen and oxygen atoms in total. The Balaban J connectivity index is 2.56. The normalized spacial score (nSPS) is 10.4. The van der Waals surface area contributed by atoms with Crippen LogP contribution in [0.5, 0.6) is 5.88 Å². The van der Waals surface area contributed by atoms with Gasteiger partial charge in [0.25, 0.3) is 0 Å². The highest BCUT2D eigenvalue weighted by molar-refractivity contribution is 9.10. The largest absolute Gasteiger partial charge is 0.475 e. The van der Waals surface area contributed by atoms with Crippen LogP contribution in [0, 0.1) is 0 Å². The first-order valence-electron chi connectivity index (χ1n) is 5.27. The molecule has 0 aliphatic rings. The summed E-state index contributed by atoms with van der Waals surface area (Å²) in [4.78, 5) is 4.23. The lowest BCUT2D eigenvalue weighted by Crippen LogP contribution is -2.12. The van der Waals surface area contributed by atoms with Gasteiger partial charge in [-0.3, -0.25) is 0 Å². The molecule has 0 spiro atoms. The molecule has 90 valence electrons. The van der Waals surface area contributed by atoms with Crippen molar-refractivity contribution in [3.8, 4) is 5.88 Å². The first-order valence-corrected chi connectivity index (χ1v) is 6.06. The minimum absolute atomic E-state index is 0.527. The molecule has 0 aromatic carbocycles. The van der Waals surface area contributed by atoms with E-state index in [9.17, 15) is 0 Å². The van der Waals surface area contributed by atoms with E-state index in [4.69, 9.17) is 9.47 Å². The first kappa shape index (κ1) is 13.4. The van der Waals surface area contributed by atoms with Crippen LogP contribution in [0.25, 0.3) is 0 Å². The standard InChI is InChI=1S/C11H17BrN2O2/c1-3-15-4-5-16-11-9(7-13-2)6-10(12)8-14-11/h6,8,13H,3-5,7H2,1-2H3. The summed E-state index contributed by atoms with van der Waals surface area (Å²) < 4.78 is 11.7. The Labute approximate surface area is 104 Å². The van der Waals surface area contributed by atoms with Gasteiger partial charge in [0.2, 0.25) is 5.88 Å². The van der Waals surface area contributed by atoms with Gasteiger partial charge >= 0.3 is 0 Å². The number of ether oxygens (including phenoxy) is 2. The molecule has 0 atom stereocenters. The van der Waals surface area contributed by atoms with E-state index >= 15 is 0 Å². The Morgan fingerprint density at radius 2 is 2.25 bits per heavy atom. The second kappa shape index (κ2) is 7.60. The van der Waals surface area contributed by atoms with Crippen molar-refractivity contribution in [3.63, 3.8) is 0 Å². The molecule has 0 radical (unpaired) electrons. The molecule has 0 bridgehead atoms. The van der Waals surface area contributed by atoms with Crippen LogP contribution in [0.3, 0.4) is 0 Å². The van der Waals surface area contributed by atoms with Crippen LogP contribution in [0.4, 0.5) is 0 Å². The fraction of sp³-hybridized carbons (Fsp3) is 0.545. The van der Waals surface area contributed by atoms with E-state index in [2.05, 4.69) is 26.2 Å². The monoisotopic (exact) mass is 288 g/mol. The molecule has 0 aliphatic heterocycles. The first-order chi connectivity index (χ1) is 7.77. The quantitative estimate of drug-likeness (QED) is 0.779. The van der Waals surface area contributed by atoms with Gasteiger partial charge in [-0.15, -0.1) is 0 Å². The average molecular weight is 289 g/mol. The molecule has 0 saturated carbocycles. The lowest BCUT2D eigenvalue weighted by molar-refractivity contribution is 0.108. The van der Waals surface area contributed by atoms with Gasteiger partial charge in [0, 0.05) is 29.4 Å². The van der Waals surface area contributed by atoms with Crippen molar-refractivity contribution < 1.29 is 9.47 Å². The highest BCUT2D eigenvalue weighted by Gasteiger charge is 2.05. The maximum absolute atomic E-state index is 5.55. The van der Waals surface area contributed by atoms with E-state index in [0.29, 0.717) is 25.7 Å². The zero-order chi connectivity index (χ0) is 11.8. The minimum Gasteiger partial charge on any atom is -0.475 e. The van der Waals surface area contributed by atoms with Crippen LogP contribution in [0.1, 0.15) is 12.5 Å². The van der Waals surface area contributed by atoms with Gasteiger partial charge in [0.15, 0.2) is 0 Å². The molecule has 1 rings (SSSR count). The summed E-state index contributed by atoms with van der Waals surface area (Å²) in [6.45, 7) is 4.52. The van der Waals surface area contributed by atoms with Crippen molar-refractivity contribution in [2.45, 2.75) is 13.5 Å². The summed E-state index contributed by atoms with van der Waals surface area (Å²) in [5.41, 5.74) is 1.04. The molecule has 0 amide bonds. The molecule has 0 aliphatic carbocycles. The summed E-state index contributed by atoms with van der Waals surface area (Å²) in [6.07, 6.45) is 1.73. The molecule has 0 fully saturated rings. The number of hydrogen-bond acceptors (Lipinski definition) is 4. The summed E-state index contributed by atoms with van der Waals surface area (Å²) in [7, 11) is 1.89. The fourth-order valence-corrected chi connectivity index (χ4v) is 1.64. The number of pyridine rings is 1. The maximum Gasteiger partial charge on any atom is 0.217 e. The molecular weight excluding hydrogens is 272 g/mol. The average Bonchev–Trinajstić information content (AvgIpc) is 2.27. The summed E-state index contributed by atoms with van der Waals surface area (Å²) >= 11 is 3.39. The van der Waals surface area contributed by atoms with E-state index < -0.39 is 0 Å². The van der Waals surface area contributed by atoms with Crippen LogP contribution in [-0.2, 0) is 11.3 Å².